The number of amides is 2. The van der Waals surface area contributed by atoms with Crippen LogP contribution in [0.1, 0.15) is 52.4 Å². The van der Waals surface area contributed by atoms with E-state index in [9.17, 15) is 14.4 Å². The highest BCUT2D eigenvalue weighted by Crippen LogP contribution is 2.64. The summed E-state index contributed by atoms with van der Waals surface area (Å²) in [5.41, 5.74) is -1.44. The van der Waals surface area contributed by atoms with Gasteiger partial charge in [-0.25, -0.2) is 0 Å². The molecule has 0 aromatic heterocycles. The molecule has 5 atom stereocenters. The first-order chi connectivity index (χ1) is 16.3. The number of anilines is 1. The molecule has 3 saturated heterocycles. The molecule has 1 aromatic rings. The molecule has 9 heteroatoms. The van der Waals surface area contributed by atoms with E-state index in [1.807, 2.05) is 6.92 Å². The number of carbonyl (C=O) groups is 3. The summed E-state index contributed by atoms with van der Waals surface area (Å²) in [7, 11) is 0. The zero-order valence-electron chi connectivity index (χ0n) is 19.7. The summed E-state index contributed by atoms with van der Waals surface area (Å²) in [6.45, 7) is 4.32. The van der Waals surface area contributed by atoms with Gasteiger partial charge in [0.15, 0.2) is 0 Å². The molecule has 3 heterocycles. The highest BCUT2D eigenvalue weighted by atomic mass is 35.5. The Labute approximate surface area is 204 Å². The van der Waals surface area contributed by atoms with Gasteiger partial charge < -0.3 is 24.8 Å². The van der Waals surface area contributed by atoms with Crippen molar-refractivity contribution < 1.29 is 29.0 Å². The van der Waals surface area contributed by atoms with Crippen LogP contribution in [0, 0.1) is 11.8 Å². The summed E-state index contributed by atoms with van der Waals surface area (Å²) in [6.07, 6.45) is 3.63. The van der Waals surface area contributed by atoms with Gasteiger partial charge in [0.2, 0.25) is 11.8 Å². The van der Waals surface area contributed by atoms with E-state index >= 15 is 0 Å². The van der Waals surface area contributed by atoms with Crippen molar-refractivity contribution in [1.82, 2.24) is 4.90 Å². The third-order valence-corrected chi connectivity index (χ3v) is 7.99. The van der Waals surface area contributed by atoms with Gasteiger partial charge in [-0.15, -0.1) is 0 Å². The number of halogens is 1. The number of para-hydroxylation sites is 1. The molecule has 1 aromatic carbocycles. The van der Waals surface area contributed by atoms with Gasteiger partial charge in [-0.05, 0) is 57.6 Å². The fraction of sp³-hybridized carbons (Fsp3) is 0.640. The number of esters is 1. The van der Waals surface area contributed by atoms with Gasteiger partial charge in [0, 0.05) is 13.2 Å². The monoisotopic (exact) mass is 492 g/mol. The fourth-order valence-electron chi connectivity index (χ4n) is 6.18. The van der Waals surface area contributed by atoms with Crippen LogP contribution in [0.5, 0.6) is 0 Å². The molecule has 0 saturated carbocycles. The van der Waals surface area contributed by atoms with Gasteiger partial charge in [-0.3, -0.25) is 14.4 Å². The lowest BCUT2D eigenvalue weighted by Crippen LogP contribution is -2.53. The Kier molecular flexibility index (Phi) is 7.22. The number of aliphatic hydroxyl groups is 1. The highest BCUT2D eigenvalue weighted by Gasteiger charge is 2.78. The van der Waals surface area contributed by atoms with Gasteiger partial charge in [-0.1, -0.05) is 30.7 Å². The zero-order valence-corrected chi connectivity index (χ0v) is 20.5. The van der Waals surface area contributed by atoms with E-state index in [0.29, 0.717) is 49.4 Å². The third-order valence-electron chi connectivity index (χ3n) is 7.66. The van der Waals surface area contributed by atoms with E-state index < -0.39 is 35.0 Å². The molecule has 186 valence electrons. The number of hydrogen-bond acceptors (Lipinski definition) is 6. The predicted molar refractivity (Wildman–Crippen MR) is 126 cm³/mol. The van der Waals surface area contributed by atoms with Crippen molar-refractivity contribution in [2.45, 2.75) is 69.6 Å². The fourth-order valence-corrected chi connectivity index (χ4v) is 6.37. The lowest BCUT2D eigenvalue weighted by molar-refractivity contribution is -0.160. The molecule has 3 aliphatic rings. The van der Waals surface area contributed by atoms with E-state index in [4.69, 9.17) is 26.2 Å². The summed E-state index contributed by atoms with van der Waals surface area (Å²) < 4.78 is 12.0. The van der Waals surface area contributed by atoms with E-state index in [2.05, 4.69) is 5.32 Å². The molecule has 3 aliphatic heterocycles. The number of hydrogen-bond donors (Lipinski definition) is 2. The predicted octanol–water partition coefficient (Wildman–Crippen LogP) is 3.16. The van der Waals surface area contributed by atoms with Crippen LogP contribution in [0.25, 0.3) is 0 Å². The minimum absolute atomic E-state index is 0.0734. The molecular formula is C25H33ClN2O6. The minimum Gasteiger partial charge on any atom is -0.466 e. The average Bonchev–Trinajstić information content (AvgIpc) is 3.42. The van der Waals surface area contributed by atoms with E-state index in [1.54, 1.807) is 36.1 Å². The Bertz CT molecular complexity index is 957. The zero-order chi connectivity index (χ0) is 24.5. The molecule has 1 spiro atoms. The highest BCUT2D eigenvalue weighted by molar-refractivity contribution is 6.33. The lowest BCUT2D eigenvalue weighted by Gasteiger charge is -2.33. The normalized spacial score (nSPS) is 31.6. The van der Waals surface area contributed by atoms with Crippen LogP contribution >= 0.6 is 11.6 Å². The largest absolute Gasteiger partial charge is 0.466 e. The van der Waals surface area contributed by atoms with E-state index in [0.717, 1.165) is 6.42 Å². The molecule has 2 amide bonds. The molecule has 2 bridgehead atoms. The number of likely N-dealkylation sites (tertiary alicyclic amines) is 1. The first kappa shape index (κ1) is 24.9. The van der Waals surface area contributed by atoms with Crippen molar-refractivity contribution in [2.75, 3.05) is 25.1 Å². The van der Waals surface area contributed by atoms with Crippen molar-refractivity contribution in [1.29, 1.82) is 0 Å². The number of nitrogens with one attached hydrogen (secondary N) is 1. The van der Waals surface area contributed by atoms with Crippen molar-refractivity contribution in [3.8, 4) is 0 Å². The number of nitrogens with zero attached hydrogens (tertiary/aromatic N) is 1. The maximum absolute atomic E-state index is 13.8. The van der Waals surface area contributed by atoms with Crippen LogP contribution in [0.15, 0.2) is 24.3 Å². The molecule has 2 N–H and O–H groups in total. The summed E-state index contributed by atoms with van der Waals surface area (Å²) >= 11 is 6.28. The molecule has 2 unspecified atom stereocenters. The number of fused-ring (bicyclic) bond motifs is 1. The summed E-state index contributed by atoms with van der Waals surface area (Å²) in [4.78, 5) is 42.2. The van der Waals surface area contributed by atoms with Crippen LogP contribution in [0.4, 0.5) is 5.69 Å². The Morgan fingerprint density at radius 1 is 1.24 bits per heavy atom. The first-order valence-electron chi connectivity index (χ1n) is 12.2. The van der Waals surface area contributed by atoms with Crippen LogP contribution in [-0.2, 0) is 23.9 Å². The van der Waals surface area contributed by atoms with Crippen molar-refractivity contribution in [3.05, 3.63) is 29.3 Å². The maximum atomic E-state index is 13.8. The first-order valence-corrected chi connectivity index (χ1v) is 12.6. The average molecular weight is 493 g/mol. The smallest absolute Gasteiger partial charge is 0.312 e. The van der Waals surface area contributed by atoms with E-state index in [-0.39, 0.29) is 25.0 Å². The summed E-state index contributed by atoms with van der Waals surface area (Å²) in [5, 5.41) is 12.4. The molecular weight excluding hydrogens is 460 g/mol. The molecule has 3 fully saturated rings. The van der Waals surface area contributed by atoms with Crippen LogP contribution < -0.4 is 5.32 Å². The molecule has 4 rings (SSSR count). The maximum Gasteiger partial charge on any atom is 0.312 e. The van der Waals surface area contributed by atoms with Crippen molar-refractivity contribution in [2.24, 2.45) is 11.8 Å². The second kappa shape index (κ2) is 9.84. The molecule has 34 heavy (non-hydrogen) atoms. The molecule has 0 aliphatic carbocycles. The number of aliphatic hydroxyl groups excluding tert-OH is 1. The van der Waals surface area contributed by atoms with E-state index in [1.165, 1.54) is 0 Å². The number of rotatable bonds is 10. The minimum atomic E-state index is -1.09. The van der Waals surface area contributed by atoms with Crippen molar-refractivity contribution in [3.63, 3.8) is 0 Å². The van der Waals surface area contributed by atoms with Crippen LogP contribution in [-0.4, -0.2) is 64.8 Å². The second-order valence-corrected chi connectivity index (χ2v) is 9.78. The number of carbonyl (C=O) groups excluding carboxylic acids is 3. The Hall–Kier alpha value is -2.16. The van der Waals surface area contributed by atoms with Gasteiger partial charge in [0.25, 0.3) is 0 Å². The SMILES string of the molecule is CCOC(=O)[C@@H]1[C@H]2C(=O)N(CCCCCO)C(C(=O)Nc3ccccc3Cl)C23CC[C@@]1(CC)O3. The number of unbranched alkanes of at least 4 members (excludes halogenated alkanes) is 2. The van der Waals surface area contributed by atoms with Crippen LogP contribution in [0.2, 0.25) is 5.02 Å². The standard InChI is InChI=1S/C25H33ClN2O6/c1-3-24-12-13-25(34-24)18(19(24)23(32)33-4-2)22(31)28(14-8-5-9-15-29)20(25)21(30)27-17-11-7-6-10-16(17)26/h6-7,10-11,18-20,29H,3-5,8-9,12-15H2,1-2H3,(H,27,30)/t18-,19-,20?,24+,25?/m0/s1. The number of ether oxygens (including phenoxy) is 2. The third kappa shape index (κ3) is 3.89. The van der Waals surface area contributed by atoms with Gasteiger partial charge in [-0.2, -0.15) is 0 Å². The quantitative estimate of drug-likeness (QED) is 0.384. The molecule has 0 radical (unpaired) electrons. The Morgan fingerprint density at radius 3 is 2.68 bits per heavy atom. The molecule has 8 nitrogen and oxygen atoms in total. The van der Waals surface area contributed by atoms with Crippen LogP contribution in [0.3, 0.4) is 0 Å². The van der Waals surface area contributed by atoms with Gasteiger partial charge >= 0.3 is 5.97 Å². The Morgan fingerprint density at radius 2 is 2.00 bits per heavy atom. The summed E-state index contributed by atoms with van der Waals surface area (Å²) in [5.74, 6) is -2.55. The number of benzene rings is 1. The summed E-state index contributed by atoms with van der Waals surface area (Å²) in [6, 6.07) is 6.05. The van der Waals surface area contributed by atoms with Gasteiger partial charge in [0.1, 0.15) is 17.6 Å². The lowest BCUT2D eigenvalue weighted by atomic mass is 9.65. The second-order valence-electron chi connectivity index (χ2n) is 9.37. The topological polar surface area (TPSA) is 105 Å². The Balaban J connectivity index is 1.71. The van der Waals surface area contributed by atoms with Gasteiger partial charge in [0.05, 0.1) is 28.8 Å². The van der Waals surface area contributed by atoms with Crippen molar-refractivity contribution >= 4 is 35.1 Å².